The first-order chi connectivity index (χ1) is 14.2. The Labute approximate surface area is 176 Å². The lowest BCUT2D eigenvalue weighted by atomic mass is 10.00. The van der Waals surface area contributed by atoms with E-state index in [9.17, 15) is 41.1 Å². The number of sulfonamides is 1. The van der Waals surface area contributed by atoms with E-state index in [1.165, 1.54) is 13.8 Å². The van der Waals surface area contributed by atoms with Crippen LogP contribution in [0.15, 0.2) is 29.2 Å². The number of hydrogen-bond acceptors (Lipinski definition) is 8. The molecule has 15 heteroatoms. The van der Waals surface area contributed by atoms with Gasteiger partial charge < -0.3 is 9.05 Å². The number of rotatable bonds is 8. The van der Waals surface area contributed by atoms with Crippen molar-refractivity contribution in [2.24, 2.45) is 0 Å². The molecule has 1 aliphatic rings. The zero-order valence-electron chi connectivity index (χ0n) is 16.7. The summed E-state index contributed by atoms with van der Waals surface area (Å²) < 4.78 is 90.7. The van der Waals surface area contributed by atoms with Crippen LogP contribution in [0.5, 0.6) is 0 Å². The Hall–Kier alpha value is -2.02. The number of nitro benzene ring substituents is 1. The van der Waals surface area contributed by atoms with Crippen LogP contribution >= 0.6 is 7.60 Å². The number of amides is 1. The van der Waals surface area contributed by atoms with Gasteiger partial charge in [0.15, 0.2) is 5.54 Å². The molecule has 0 aromatic heterocycles. The third kappa shape index (κ3) is 4.34. The Morgan fingerprint density at radius 2 is 1.71 bits per heavy atom. The van der Waals surface area contributed by atoms with Crippen molar-refractivity contribution in [2.75, 3.05) is 13.2 Å². The maximum atomic E-state index is 14.0. The van der Waals surface area contributed by atoms with Crippen molar-refractivity contribution in [1.82, 2.24) is 4.31 Å². The van der Waals surface area contributed by atoms with Crippen molar-refractivity contribution in [3.63, 3.8) is 0 Å². The number of alkyl halides is 3. The maximum absolute atomic E-state index is 14.0. The molecule has 1 aromatic rings. The summed E-state index contributed by atoms with van der Waals surface area (Å²) in [7, 11) is -9.57. The normalized spacial score (nSPS) is 22.7. The van der Waals surface area contributed by atoms with Crippen molar-refractivity contribution in [2.45, 2.75) is 49.5 Å². The van der Waals surface area contributed by atoms with E-state index in [4.69, 9.17) is 9.05 Å². The maximum Gasteiger partial charge on any atom is 0.412 e. The van der Waals surface area contributed by atoms with Gasteiger partial charge in [-0.15, -0.1) is 0 Å². The van der Waals surface area contributed by atoms with Crippen LogP contribution in [0, 0.1) is 10.1 Å². The topological polar surface area (TPSA) is 133 Å². The van der Waals surface area contributed by atoms with E-state index in [1.807, 2.05) is 0 Å². The highest BCUT2D eigenvalue weighted by Crippen LogP contribution is 2.61. The van der Waals surface area contributed by atoms with Crippen molar-refractivity contribution < 1.29 is 44.9 Å². The van der Waals surface area contributed by atoms with Gasteiger partial charge in [0, 0.05) is 18.6 Å². The van der Waals surface area contributed by atoms with E-state index < -0.39 is 62.8 Å². The Morgan fingerprint density at radius 1 is 1.23 bits per heavy atom. The first-order valence-corrected chi connectivity index (χ1v) is 12.0. The number of non-ortho nitro benzene ring substituents is 1. The summed E-state index contributed by atoms with van der Waals surface area (Å²) in [5.74, 6) is -1.59. The molecule has 1 fully saturated rings. The van der Waals surface area contributed by atoms with Gasteiger partial charge >= 0.3 is 13.8 Å². The molecule has 31 heavy (non-hydrogen) atoms. The molecule has 1 aromatic carbocycles. The molecule has 0 bridgehead atoms. The van der Waals surface area contributed by atoms with Crippen LogP contribution in [0.3, 0.4) is 0 Å². The summed E-state index contributed by atoms with van der Waals surface area (Å²) in [6, 6.07) is 2.99. The molecule has 10 nitrogen and oxygen atoms in total. The number of nitro groups is 1. The largest absolute Gasteiger partial charge is 0.412 e. The van der Waals surface area contributed by atoms with Gasteiger partial charge in [0.05, 0.1) is 23.0 Å². The zero-order chi connectivity index (χ0) is 23.8. The van der Waals surface area contributed by atoms with Crippen LogP contribution in [0.2, 0.25) is 0 Å². The highest BCUT2D eigenvalue weighted by Gasteiger charge is 2.70. The lowest BCUT2D eigenvalue weighted by Crippen LogP contribution is -2.56. The van der Waals surface area contributed by atoms with Gasteiger partial charge in [-0.3, -0.25) is 19.5 Å². The van der Waals surface area contributed by atoms with Gasteiger partial charge in [-0.2, -0.15) is 13.2 Å². The molecule has 0 N–H and O–H groups in total. The number of hydrogen-bond donors (Lipinski definition) is 0. The molecule has 0 radical (unpaired) electrons. The van der Waals surface area contributed by atoms with E-state index in [-0.39, 0.29) is 17.5 Å². The van der Waals surface area contributed by atoms with Gasteiger partial charge in [0.2, 0.25) is 0 Å². The fourth-order valence-electron chi connectivity index (χ4n) is 3.21. The summed E-state index contributed by atoms with van der Waals surface area (Å²) in [5, 5.41) is 10.8. The Kier molecular flexibility index (Phi) is 6.91. The van der Waals surface area contributed by atoms with Crippen LogP contribution in [0.25, 0.3) is 0 Å². The molecule has 1 heterocycles. The number of halogens is 3. The van der Waals surface area contributed by atoms with Gasteiger partial charge in [0.25, 0.3) is 21.6 Å². The second-order valence-corrected chi connectivity index (χ2v) is 10.7. The molecular formula is C16H20F3N2O8PS. The molecule has 0 saturated carbocycles. The SMILES string of the molecule is CCOP(=O)(OCC)C1C[C@@](C)(C(F)(F)F)N(S(=O)(=O)c2ccc([N+](=O)[O-])cc2)C1=O. The van der Waals surface area contributed by atoms with E-state index >= 15 is 0 Å². The monoisotopic (exact) mass is 488 g/mol. The minimum Gasteiger partial charge on any atom is -0.308 e. The Morgan fingerprint density at radius 3 is 2.10 bits per heavy atom. The fraction of sp³-hybridized carbons (Fsp3) is 0.562. The number of carbonyl (C=O) groups is 1. The van der Waals surface area contributed by atoms with E-state index in [1.54, 1.807) is 0 Å². The fourth-order valence-corrected chi connectivity index (χ4v) is 7.17. The molecule has 0 spiro atoms. The predicted molar refractivity (Wildman–Crippen MR) is 101 cm³/mol. The second kappa shape index (κ2) is 8.49. The van der Waals surface area contributed by atoms with E-state index in [0.717, 1.165) is 24.3 Å². The summed E-state index contributed by atoms with van der Waals surface area (Å²) in [6.45, 7) is 2.77. The van der Waals surface area contributed by atoms with Crippen LogP contribution in [0.1, 0.15) is 27.2 Å². The summed E-state index contributed by atoms with van der Waals surface area (Å²) >= 11 is 0. The summed E-state index contributed by atoms with van der Waals surface area (Å²) in [5.41, 5.74) is -5.76. The average Bonchev–Trinajstić information content (AvgIpc) is 2.95. The standard InChI is InChI=1S/C16H20F3N2O8PS/c1-4-28-30(25,29-5-2)13-10-15(3,16(17,18)19)20(14(13)22)31(26,27)12-8-6-11(7-9-12)21(23)24/h6-9,13H,4-5,10H2,1-3H3/t13?,15-/m0/s1. The van der Waals surface area contributed by atoms with E-state index in [0.29, 0.717) is 6.92 Å². The minimum absolute atomic E-state index is 0.251. The Bertz CT molecular complexity index is 1000. The number of nitrogens with zero attached hydrogens (tertiary/aromatic N) is 2. The molecule has 0 aliphatic carbocycles. The number of carbonyl (C=O) groups excluding carboxylic acids is 1. The lowest BCUT2D eigenvalue weighted by molar-refractivity contribution is -0.384. The Balaban J connectivity index is 2.65. The number of benzene rings is 1. The smallest absolute Gasteiger partial charge is 0.308 e. The minimum atomic E-state index is -5.23. The van der Waals surface area contributed by atoms with Crippen LogP contribution in [0.4, 0.5) is 18.9 Å². The highest BCUT2D eigenvalue weighted by molar-refractivity contribution is 7.89. The van der Waals surface area contributed by atoms with E-state index in [2.05, 4.69) is 0 Å². The van der Waals surface area contributed by atoms with Gasteiger partial charge in [0.1, 0.15) is 5.66 Å². The average molecular weight is 488 g/mol. The first kappa shape index (κ1) is 25.2. The third-order valence-corrected chi connectivity index (χ3v) is 9.06. The quantitative estimate of drug-likeness (QED) is 0.309. The van der Waals surface area contributed by atoms with Crippen molar-refractivity contribution in [3.05, 3.63) is 34.4 Å². The predicted octanol–water partition coefficient (Wildman–Crippen LogP) is 3.47. The van der Waals surface area contributed by atoms with Crippen molar-refractivity contribution in [3.8, 4) is 0 Å². The summed E-state index contributed by atoms with van der Waals surface area (Å²) in [6.07, 6.45) is -6.41. The van der Waals surface area contributed by atoms with Crippen LogP contribution in [-0.2, 0) is 28.4 Å². The van der Waals surface area contributed by atoms with Crippen molar-refractivity contribution in [1.29, 1.82) is 0 Å². The first-order valence-electron chi connectivity index (χ1n) is 8.95. The van der Waals surface area contributed by atoms with Crippen molar-refractivity contribution >= 4 is 29.2 Å². The molecule has 2 atom stereocenters. The second-order valence-electron chi connectivity index (χ2n) is 6.73. The molecule has 2 rings (SSSR count). The molecule has 1 saturated heterocycles. The summed E-state index contributed by atoms with van der Waals surface area (Å²) in [4.78, 5) is 22.1. The molecule has 1 aliphatic heterocycles. The van der Waals surface area contributed by atoms with Crippen LogP contribution in [-0.4, -0.2) is 54.1 Å². The molecule has 1 unspecified atom stereocenters. The third-order valence-electron chi connectivity index (χ3n) is 4.72. The zero-order valence-corrected chi connectivity index (χ0v) is 18.4. The molecule has 1 amide bonds. The molecular weight excluding hydrogens is 468 g/mol. The highest BCUT2D eigenvalue weighted by atomic mass is 32.2. The lowest BCUT2D eigenvalue weighted by Gasteiger charge is -2.35. The van der Waals surface area contributed by atoms with Gasteiger partial charge in [-0.05, 0) is 32.9 Å². The molecule has 174 valence electrons. The van der Waals surface area contributed by atoms with Crippen LogP contribution < -0.4 is 0 Å². The van der Waals surface area contributed by atoms with Gasteiger partial charge in [-0.1, -0.05) is 0 Å². The van der Waals surface area contributed by atoms with Gasteiger partial charge in [-0.25, -0.2) is 12.7 Å².